The minimum Gasteiger partial charge on any atom is -0.496 e. The highest BCUT2D eigenvalue weighted by Gasteiger charge is 2.18. The fraction of sp³-hybridized carbons (Fsp3) is 0.250. The highest BCUT2D eigenvalue weighted by molar-refractivity contribution is 7.13. The number of amides is 3. The third kappa shape index (κ3) is 5.82. The van der Waals surface area contributed by atoms with Crippen LogP contribution in [0, 0.1) is 5.92 Å². The normalized spacial score (nSPS) is 15.2. The van der Waals surface area contributed by atoms with Gasteiger partial charge in [-0.2, -0.15) is 0 Å². The largest absolute Gasteiger partial charge is 0.496 e. The van der Waals surface area contributed by atoms with Gasteiger partial charge in [-0.3, -0.25) is 14.4 Å². The molecule has 3 rings (SSSR count). The van der Waals surface area contributed by atoms with Gasteiger partial charge in [-0.15, -0.1) is 11.3 Å². The second-order valence-electron chi connectivity index (χ2n) is 6.22. The Morgan fingerprint density at radius 2 is 2.10 bits per heavy atom. The van der Waals surface area contributed by atoms with Crippen LogP contribution in [-0.4, -0.2) is 42.6 Å². The highest BCUT2D eigenvalue weighted by Crippen LogP contribution is 2.18. The van der Waals surface area contributed by atoms with E-state index >= 15 is 0 Å². The standard InChI is InChI=1S/C20H20N4O4S/c1-28-16-5-3-2-4-13(16)8-9-21-18(26)10-15-12-29-20(23-15)24-19(27)14-6-7-17(25)22-11-14/h2-7,11-12,14H,8-10H2,1H3,(H,21,26)(H,23,24,27). The summed E-state index contributed by atoms with van der Waals surface area (Å²) in [4.78, 5) is 43.2. The van der Waals surface area contributed by atoms with Crippen LogP contribution in [0.3, 0.4) is 0 Å². The van der Waals surface area contributed by atoms with E-state index in [2.05, 4.69) is 20.6 Å². The first-order chi connectivity index (χ1) is 14.0. The average Bonchev–Trinajstić information content (AvgIpc) is 3.15. The molecule has 0 radical (unpaired) electrons. The highest BCUT2D eigenvalue weighted by atomic mass is 32.1. The molecule has 9 heteroatoms. The molecule has 3 amide bonds. The van der Waals surface area contributed by atoms with E-state index in [1.807, 2.05) is 24.3 Å². The first-order valence-electron chi connectivity index (χ1n) is 8.95. The Morgan fingerprint density at radius 1 is 1.28 bits per heavy atom. The number of carbonyl (C=O) groups is 3. The number of dihydropyridines is 1. The molecule has 2 N–H and O–H groups in total. The van der Waals surface area contributed by atoms with Crippen molar-refractivity contribution < 1.29 is 19.1 Å². The minimum absolute atomic E-state index is 0.123. The molecule has 0 spiro atoms. The molecule has 0 aliphatic carbocycles. The number of methoxy groups -OCH3 is 1. The van der Waals surface area contributed by atoms with Gasteiger partial charge in [-0.25, -0.2) is 9.98 Å². The molecular weight excluding hydrogens is 392 g/mol. The molecule has 1 atom stereocenters. The molecule has 1 unspecified atom stereocenters. The van der Waals surface area contributed by atoms with Gasteiger partial charge in [0.05, 0.1) is 25.1 Å². The Labute approximate surface area is 171 Å². The van der Waals surface area contributed by atoms with Crippen LogP contribution in [0.5, 0.6) is 5.75 Å². The van der Waals surface area contributed by atoms with E-state index in [9.17, 15) is 14.4 Å². The van der Waals surface area contributed by atoms with E-state index in [0.717, 1.165) is 11.3 Å². The van der Waals surface area contributed by atoms with Gasteiger partial charge in [0, 0.05) is 24.2 Å². The van der Waals surface area contributed by atoms with Gasteiger partial charge in [-0.05, 0) is 18.1 Å². The van der Waals surface area contributed by atoms with Crippen LogP contribution in [0.2, 0.25) is 0 Å². The van der Waals surface area contributed by atoms with Gasteiger partial charge < -0.3 is 15.4 Å². The second-order valence-corrected chi connectivity index (χ2v) is 7.08. The van der Waals surface area contributed by atoms with E-state index in [-0.39, 0.29) is 24.1 Å². The Balaban J connectivity index is 1.45. The van der Waals surface area contributed by atoms with E-state index in [4.69, 9.17) is 4.74 Å². The average molecular weight is 412 g/mol. The molecule has 1 aromatic heterocycles. The summed E-state index contributed by atoms with van der Waals surface area (Å²) in [6, 6.07) is 7.67. The maximum Gasteiger partial charge on any atom is 0.269 e. The summed E-state index contributed by atoms with van der Waals surface area (Å²) in [5.41, 5.74) is 1.60. The zero-order chi connectivity index (χ0) is 20.6. The number of nitrogens with zero attached hydrogens (tertiary/aromatic N) is 2. The second kappa shape index (κ2) is 9.74. The number of aliphatic imine (C=N–C) groups is 1. The van der Waals surface area contributed by atoms with Crippen molar-refractivity contribution >= 4 is 40.4 Å². The van der Waals surface area contributed by atoms with Crippen molar-refractivity contribution in [3.05, 3.63) is 53.1 Å². The minimum atomic E-state index is -0.613. The van der Waals surface area contributed by atoms with Crippen molar-refractivity contribution in [3.63, 3.8) is 0 Å². The molecule has 0 saturated heterocycles. The summed E-state index contributed by atoms with van der Waals surface area (Å²) in [6.45, 7) is 0.485. The quantitative estimate of drug-likeness (QED) is 0.687. The van der Waals surface area contributed by atoms with Gasteiger partial charge in [0.2, 0.25) is 11.8 Å². The number of para-hydroxylation sites is 1. The third-order valence-electron chi connectivity index (χ3n) is 4.14. The fourth-order valence-electron chi connectivity index (χ4n) is 2.69. The summed E-state index contributed by atoms with van der Waals surface area (Å²) < 4.78 is 5.30. The SMILES string of the molecule is COc1ccccc1CCNC(=O)Cc1csc(NC(=O)C2C=CC(=O)N=C2)n1. The molecule has 1 aliphatic rings. The molecule has 0 bridgehead atoms. The van der Waals surface area contributed by atoms with Gasteiger partial charge in [0.25, 0.3) is 5.91 Å². The number of carbonyl (C=O) groups excluding carboxylic acids is 3. The summed E-state index contributed by atoms with van der Waals surface area (Å²) in [6.07, 6.45) is 4.81. The summed E-state index contributed by atoms with van der Waals surface area (Å²) in [7, 11) is 1.62. The van der Waals surface area contributed by atoms with Gasteiger partial charge >= 0.3 is 0 Å². The van der Waals surface area contributed by atoms with Crippen LogP contribution in [-0.2, 0) is 27.2 Å². The lowest BCUT2D eigenvalue weighted by Crippen LogP contribution is -2.27. The molecule has 1 aliphatic heterocycles. The predicted octanol–water partition coefficient (Wildman–Crippen LogP) is 1.77. The molecular formula is C20H20N4O4S. The lowest BCUT2D eigenvalue weighted by Gasteiger charge is -2.09. The molecule has 2 heterocycles. The van der Waals surface area contributed by atoms with E-state index in [1.165, 1.54) is 29.7 Å². The first kappa shape index (κ1) is 20.4. The van der Waals surface area contributed by atoms with Crippen molar-refractivity contribution in [2.24, 2.45) is 10.9 Å². The monoisotopic (exact) mass is 412 g/mol. The maximum atomic E-state index is 12.1. The topological polar surface area (TPSA) is 110 Å². The van der Waals surface area contributed by atoms with Gasteiger partial charge in [0.15, 0.2) is 5.13 Å². The molecule has 1 aromatic carbocycles. The third-order valence-corrected chi connectivity index (χ3v) is 4.95. The number of anilines is 1. The van der Waals surface area contributed by atoms with E-state index < -0.39 is 5.92 Å². The Kier molecular flexibility index (Phi) is 6.85. The number of benzene rings is 1. The van der Waals surface area contributed by atoms with Crippen LogP contribution in [0.25, 0.3) is 0 Å². The lowest BCUT2D eigenvalue weighted by atomic mass is 10.1. The Hall–Kier alpha value is -3.33. The summed E-state index contributed by atoms with van der Waals surface area (Å²) >= 11 is 1.23. The number of rotatable bonds is 8. The number of aromatic nitrogens is 1. The number of thiazole rings is 1. The van der Waals surface area contributed by atoms with Crippen LogP contribution in [0.4, 0.5) is 5.13 Å². The van der Waals surface area contributed by atoms with Crippen LogP contribution >= 0.6 is 11.3 Å². The zero-order valence-corrected chi connectivity index (χ0v) is 16.6. The van der Waals surface area contributed by atoms with Gasteiger partial charge in [-0.1, -0.05) is 24.3 Å². The van der Waals surface area contributed by atoms with Crippen LogP contribution in [0.1, 0.15) is 11.3 Å². The molecule has 0 saturated carbocycles. The zero-order valence-electron chi connectivity index (χ0n) is 15.8. The number of hydrogen-bond donors (Lipinski definition) is 2. The molecule has 29 heavy (non-hydrogen) atoms. The molecule has 150 valence electrons. The maximum absolute atomic E-state index is 12.1. The number of ether oxygens (including phenoxy) is 1. The van der Waals surface area contributed by atoms with Crippen molar-refractivity contribution in [3.8, 4) is 5.75 Å². The number of hydrogen-bond acceptors (Lipinski definition) is 6. The molecule has 2 aromatic rings. The smallest absolute Gasteiger partial charge is 0.269 e. The summed E-state index contributed by atoms with van der Waals surface area (Å²) in [5, 5.41) is 7.65. The first-order valence-corrected chi connectivity index (χ1v) is 9.83. The van der Waals surface area contributed by atoms with Crippen LogP contribution < -0.4 is 15.4 Å². The van der Waals surface area contributed by atoms with Crippen molar-refractivity contribution in [2.75, 3.05) is 19.0 Å². The van der Waals surface area contributed by atoms with Crippen molar-refractivity contribution in [1.82, 2.24) is 10.3 Å². The molecule has 8 nitrogen and oxygen atoms in total. The predicted molar refractivity (Wildman–Crippen MR) is 110 cm³/mol. The van der Waals surface area contributed by atoms with E-state index in [0.29, 0.717) is 23.8 Å². The lowest BCUT2D eigenvalue weighted by molar-refractivity contribution is -0.120. The van der Waals surface area contributed by atoms with E-state index in [1.54, 1.807) is 12.5 Å². The Bertz CT molecular complexity index is 951. The molecule has 0 fully saturated rings. The number of nitrogens with one attached hydrogen (secondary N) is 2. The summed E-state index contributed by atoms with van der Waals surface area (Å²) in [5.74, 6) is -0.687. The van der Waals surface area contributed by atoms with Crippen molar-refractivity contribution in [1.29, 1.82) is 0 Å². The van der Waals surface area contributed by atoms with Crippen molar-refractivity contribution in [2.45, 2.75) is 12.8 Å². The Morgan fingerprint density at radius 3 is 2.86 bits per heavy atom. The van der Waals surface area contributed by atoms with Crippen LogP contribution in [0.15, 0.2) is 46.8 Å². The van der Waals surface area contributed by atoms with Gasteiger partial charge in [0.1, 0.15) is 5.75 Å². The fourth-order valence-corrected chi connectivity index (χ4v) is 3.41.